The SMILES string of the molecule is Cn1nc(N2CCC(=O)NC2=O)c2ccc(C3CCN(CC#Cc4cc(S(=O)(=O)N5CCC(Nc6ncc(C(F)(F)F)cn6)CC5)ccc4C(F)F)CC3)cc21. The zero-order valence-electron chi connectivity index (χ0n) is 30.2. The molecule has 0 aliphatic carbocycles. The van der Waals surface area contributed by atoms with Gasteiger partial charge in [0, 0.05) is 68.1 Å². The lowest BCUT2D eigenvalue weighted by molar-refractivity contribution is -0.138. The van der Waals surface area contributed by atoms with Gasteiger partial charge in [0.25, 0.3) is 6.43 Å². The molecule has 2 N–H and O–H groups in total. The molecular weight excluding hydrogens is 762 g/mol. The summed E-state index contributed by atoms with van der Waals surface area (Å²) in [5.41, 5.74) is 0.585. The Bertz CT molecular complexity index is 2290. The number of halogens is 5. The number of nitrogens with one attached hydrogen (secondary N) is 2. The van der Waals surface area contributed by atoms with Crippen molar-refractivity contribution in [1.82, 2.24) is 34.3 Å². The molecule has 13 nitrogen and oxygen atoms in total. The van der Waals surface area contributed by atoms with Gasteiger partial charge in [0.15, 0.2) is 5.82 Å². The lowest BCUT2D eigenvalue weighted by atomic mass is 9.89. The molecule has 0 saturated carbocycles. The quantitative estimate of drug-likeness (QED) is 0.180. The Morgan fingerprint density at radius 1 is 0.964 bits per heavy atom. The number of alkyl halides is 5. The van der Waals surface area contributed by atoms with Crippen LogP contribution in [0.5, 0.6) is 0 Å². The second-order valence-electron chi connectivity index (χ2n) is 14.0. The number of carbonyl (C=O) groups excluding carboxylic acids is 2. The Hall–Kier alpha value is -5.19. The van der Waals surface area contributed by atoms with Crippen LogP contribution in [0.1, 0.15) is 66.7 Å². The van der Waals surface area contributed by atoms with Gasteiger partial charge in [0.05, 0.1) is 22.5 Å². The molecule has 2 aromatic carbocycles. The lowest BCUT2D eigenvalue weighted by Crippen LogP contribution is -2.49. The Morgan fingerprint density at radius 2 is 1.68 bits per heavy atom. The molecule has 7 rings (SSSR count). The average molecular weight is 800 g/mol. The maximum absolute atomic E-state index is 14.0. The number of piperidine rings is 2. The second-order valence-corrected chi connectivity index (χ2v) is 15.9. The molecule has 0 radical (unpaired) electrons. The molecule has 3 aliphatic heterocycles. The van der Waals surface area contributed by atoms with E-state index in [9.17, 15) is 40.0 Å². The molecule has 3 aliphatic rings. The van der Waals surface area contributed by atoms with Crippen molar-refractivity contribution in [2.24, 2.45) is 7.05 Å². The number of fused-ring (bicyclic) bond motifs is 1. The van der Waals surface area contributed by atoms with E-state index in [0.717, 1.165) is 41.4 Å². The van der Waals surface area contributed by atoms with Gasteiger partial charge in [-0.15, -0.1) is 0 Å². The summed E-state index contributed by atoms with van der Waals surface area (Å²) in [7, 11) is -2.25. The van der Waals surface area contributed by atoms with Crippen LogP contribution in [-0.2, 0) is 28.0 Å². The third kappa shape index (κ3) is 8.32. The van der Waals surface area contributed by atoms with Crippen molar-refractivity contribution in [2.75, 3.05) is 49.5 Å². The van der Waals surface area contributed by atoms with Crippen molar-refractivity contribution in [1.29, 1.82) is 0 Å². The molecule has 0 bridgehead atoms. The molecule has 4 aromatic rings. The molecule has 0 spiro atoms. The molecule has 3 saturated heterocycles. The maximum Gasteiger partial charge on any atom is 0.419 e. The number of carbonyl (C=O) groups is 2. The first-order chi connectivity index (χ1) is 26.7. The topological polar surface area (TPSA) is 146 Å². The molecule has 2 aromatic heterocycles. The first-order valence-electron chi connectivity index (χ1n) is 18.0. The van der Waals surface area contributed by atoms with Crippen LogP contribution in [0.15, 0.2) is 53.7 Å². The van der Waals surface area contributed by atoms with Gasteiger partial charge in [-0.05, 0) is 74.5 Å². The van der Waals surface area contributed by atoms with E-state index in [-0.39, 0.29) is 65.9 Å². The molecule has 3 amide bonds. The van der Waals surface area contributed by atoms with Crippen molar-refractivity contribution >= 4 is 44.6 Å². The number of anilines is 2. The molecule has 0 unspecified atom stereocenters. The Morgan fingerprint density at radius 3 is 2.34 bits per heavy atom. The van der Waals surface area contributed by atoms with E-state index < -0.39 is 34.2 Å². The summed E-state index contributed by atoms with van der Waals surface area (Å²) in [6.45, 7) is 2.16. The van der Waals surface area contributed by atoms with Crippen LogP contribution in [0.4, 0.5) is 38.5 Å². The zero-order valence-corrected chi connectivity index (χ0v) is 31.0. The number of likely N-dealkylation sites (tertiary alicyclic amines) is 1. The van der Waals surface area contributed by atoms with Gasteiger partial charge in [-0.2, -0.15) is 22.6 Å². The third-order valence-corrected chi connectivity index (χ3v) is 12.3. The fourth-order valence-corrected chi connectivity index (χ4v) is 8.76. The standard InChI is InChI=1S/C37H38F5N9O4S/c1-48-31-20-24(4-6-30(31)34(47-48)51-18-12-32(52)46-36(51)53)23-8-14-49(15-9-23)13-2-3-25-19-28(5-7-29(25)33(38)39)56(54,55)50-16-10-27(11-17-50)45-35-43-21-26(22-44-35)37(40,41)42/h4-7,19-23,27,33H,8-18H2,1H3,(H,43,44,45)(H,46,52,53). The molecule has 19 heteroatoms. The number of imide groups is 1. The number of amides is 3. The van der Waals surface area contributed by atoms with Crippen molar-refractivity contribution in [3.63, 3.8) is 0 Å². The minimum atomic E-state index is -4.57. The van der Waals surface area contributed by atoms with Gasteiger partial charge >= 0.3 is 12.2 Å². The smallest absolute Gasteiger partial charge is 0.351 e. The fraction of sp³-hybridized carbons (Fsp3) is 0.432. The number of nitrogens with zero attached hydrogens (tertiary/aromatic N) is 7. The van der Waals surface area contributed by atoms with Crippen LogP contribution < -0.4 is 15.5 Å². The van der Waals surface area contributed by atoms with Crippen LogP contribution >= 0.6 is 0 Å². The summed E-state index contributed by atoms with van der Waals surface area (Å²) >= 11 is 0. The summed E-state index contributed by atoms with van der Waals surface area (Å²) in [5.74, 6) is 6.21. The van der Waals surface area contributed by atoms with E-state index in [1.807, 2.05) is 19.2 Å². The van der Waals surface area contributed by atoms with Crippen LogP contribution in [0.3, 0.4) is 0 Å². The number of urea groups is 1. The summed E-state index contributed by atoms with van der Waals surface area (Å²) in [4.78, 5) is 34.9. The monoisotopic (exact) mass is 799 g/mol. The highest BCUT2D eigenvalue weighted by Gasteiger charge is 2.33. The van der Waals surface area contributed by atoms with Gasteiger partial charge in [0.1, 0.15) is 0 Å². The Labute approximate surface area is 319 Å². The lowest BCUT2D eigenvalue weighted by Gasteiger charge is -2.31. The number of aryl methyl sites for hydroxylation is 1. The summed E-state index contributed by atoms with van der Waals surface area (Å²) in [5, 5.41) is 10.6. The van der Waals surface area contributed by atoms with Crippen molar-refractivity contribution in [3.8, 4) is 11.8 Å². The van der Waals surface area contributed by atoms with E-state index in [1.54, 1.807) is 4.68 Å². The number of benzene rings is 2. The molecule has 3 fully saturated rings. The minimum Gasteiger partial charge on any atom is -0.351 e. The van der Waals surface area contributed by atoms with E-state index >= 15 is 0 Å². The van der Waals surface area contributed by atoms with Crippen LogP contribution in [0, 0.1) is 11.8 Å². The molecule has 5 heterocycles. The van der Waals surface area contributed by atoms with Crippen LogP contribution in [0.2, 0.25) is 0 Å². The zero-order chi connectivity index (χ0) is 39.8. The molecule has 296 valence electrons. The third-order valence-electron chi connectivity index (χ3n) is 10.4. The Kier molecular flexibility index (Phi) is 11.0. The van der Waals surface area contributed by atoms with Gasteiger partial charge < -0.3 is 5.32 Å². The highest BCUT2D eigenvalue weighted by atomic mass is 32.2. The highest BCUT2D eigenvalue weighted by Crippen LogP contribution is 2.34. The number of hydrogen-bond acceptors (Lipinski definition) is 9. The van der Waals surface area contributed by atoms with Crippen LogP contribution in [0.25, 0.3) is 10.9 Å². The first kappa shape index (κ1) is 39.1. The summed E-state index contributed by atoms with van der Waals surface area (Å²) in [6, 6.07) is 8.71. The first-order valence-corrected chi connectivity index (χ1v) is 19.5. The molecule has 0 atom stereocenters. The maximum atomic E-state index is 14.0. The summed E-state index contributed by atoms with van der Waals surface area (Å²) < 4.78 is 96.6. The summed E-state index contributed by atoms with van der Waals surface area (Å²) in [6.07, 6.45) is -3.58. The fourth-order valence-electron chi connectivity index (χ4n) is 7.26. The van der Waals surface area contributed by atoms with Crippen molar-refractivity contribution in [3.05, 3.63) is 71.0 Å². The van der Waals surface area contributed by atoms with E-state index in [2.05, 4.69) is 48.5 Å². The Balaban J connectivity index is 0.956. The van der Waals surface area contributed by atoms with Crippen molar-refractivity contribution < 1.29 is 40.0 Å². The highest BCUT2D eigenvalue weighted by molar-refractivity contribution is 7.89. The van der Waals surface area contributed by atoms with Gasteiger partial charge in [0.2, 0.25) is 21.9 Å². The number of sulfonamides is 1. The predicted octanol–water partition coefficient (Wildman–Crippen LogP) is 5.26. The van der Waals surface area contributed by atoms with Gasteiger partial charge in [-0.3, -0.25) is 24.6 Å². The van der Waals surface area contributed by atoms with Crippen molar-refractivity contribution in [2.45, 2.75) is 61.6 Å². The largest absolute Gasteiger partial charge is 0.419 e. The molecule has 56 heavy (non-hydrogen) atoms. The average Bonchev–Trinajstić information content (AvgIpc) is 3.50. The number of aromatic nitrogens is 4. The second kappa shape index (κ2) is 15.7. The number of rotatable bonds is 8. The normalized spacial score (nSPS) is 18.3. The van der Waals surface area contributed by atoms with E-state index in [0.29, 0.717) is 50.7 Å². The van der Waals surface area contributed by atoms with Gasteiger partial charge in [-0.1, -0.05) is 24.0 Å². The minimum absolute atomic E-state index is 0.000722. The number of hydrogen-bond donors (Lipinski definition) is 2. The van der Waals surface area contributed by atoms with Gasteiger partial charge in [-0.25, -0.2) is 32.0 Å². The predicted molar refractivity (Wildman–Crippen MR) is 195 cm³/mol. The van der Waals surface area contributed by atoms with Crippen LogP contribution in [-0.4, -0.2) is 94.6 Å². The van der Waals surface area contributed by atoms with E-state index in [4.69, 9.17) is 0 Å². The molecular formula is C37H38F5N9O4S. The van der Waals surface area contributed by atoms with E-state index in [1.165, 1.54) is 15.3 Å².